The zero-order valence-electron chi connectivity index (χ0n) is 14.6. The lowest BCUT2D eigenvalue weighted by molar-refractivity contribution is 0.102. The molecular formula is C22H18N2O2. The fourth-order valence-corrected chi connectivity index (χ4v) is 3.13. The van der Waals surface area contributed by atoms with Crippen LogP contribution < -0.4 is 5.32 Å². The Hall–Kier alpha value is -3.40. The van der Waals surface area contributed by atoms with E-state index in [1.165, 1.54) is 0 Å². The number of benzene rings is 3. The van der Waals surface area contributed by atoms with E-state index in [4.69, 9.17) is 4.52 Å². The van der Waals surface area contributed by atoms with E-state index in [-0.39, 0.29) is 5.91 Å². The van der Waals surface area contributed by atoms with Gasteiger partial charge >= 0.3 is 0 Å². The summed E-state index contributed by atoms with van der Waals surface area (Å²) in [7, 11) is 0. The van der Waals surface area contributed by atoms with Gasteiger partial charge in [0, 0.05) is 16.8 Å². The van der Waals surface area contributed by atoms with Crippen molar-refractivity contribution in [2.24, 2.45) is 0 Å². The van der Waals surface area contributed by atoms with E-state index in [9.17, 15) is 4.79 Å². The first-order valence-corrected chi connectivity index (χ1v) is 8.45. The predicted molar refractivity (Wildman–Crippen MR) is 103 cm³/mol. The number of nitrogens with one attached hydrogen (secondary N) is 1. The van der Waals surface area contributed by atoms with Gasteiger partial charge in [-0.3, -0.25) is 4.79 Å². The van der Waals surface area contributed by atoms with Crippen LogP contribution in [-0.2, 0) is 0 Å². The number of nitrogens with zero attached hydrogens (tertiary/aromatic N) is 1. The first-order valence-electron chi connectivity index (χ1n) is 8.45. The third-order valence-corrected chi connectivity index (χ3v) is 4.25. The van der Waals surface area contributed by atoms with Crippen LogP contribution in [0.25, 0.3) is 22.2 Å². The minimum Gasteiger partial charge on any atom is -0.355 e. The minimum atomic E-state index is -0.155. The van der Waals surface area contributed by atoms with Gasteiger partial charge < -0.3 is 9.84 Å². The van der Waals surface area contributed by atoms with E-state index in [1.54, 1.807) is 6.07 Å². The summed E-state index contributed by atoms with van der Waals surface area (Å²) < 4.78 is 5.50. The normalized spacial score (nSPS) is 10.8. The number of carbonyl (C=O) groups is 1. The van der Waals surface area contributed by atoms with Gasteiger partial charge in [-0.1, -0.05) is 41.6 Å². The Kier molecular flexibility index (Phi) is 4.01. The molecule has 1 amide bonds. The maximum atomic E-state index is 12.7. The van der Waals surface area contributed by atoms with Crippen LogP contribution in [0.5, 0.6) is 0 Å². The number of aromatic nitrogens is 1. The summed E-state index contributed by atoms with van der Waals surface area (Å²) in [6.45, 7) is 4.02. The molecule has 4 rings (SSSR count). The molecule has 26 heavy (non-hydrogen) atoms. The minimum absolute atomic E-state index is 0.155. The first-order chi connectivity index (χ1) is 12.6. The average molecular weight is 342 g/mol. The molecule has 0 saturated carbocycles. The van der Waals surface area contributed by atoms with Gasteiger partial charge in [0.25, 0.3) is 5.91 Å². The lowest BCUT2D eigenvalue weighted by Crippen LogP contribution is -2.12. The molecule has 0 bridgehead atoms. The topological polar surface area (TPSA) is 55.1 Å². The molecule has 0 radical (unpaired) electrons. The molecule has 4 nitrogen and oxygen atoms in total. The summed E-state index contributed by atoms with van der Waals surface area (Å²) in [5.41, 5.74) is 5.24. The Balaban J connectivity index is 1.69. The highest BCUT2D eigenvalue weighted by atomic mass is 16.5. The third-order valence-electron chi connectivity index (χ3n) is 4.25. The molecule has 1 N–H and O–H groups in total. The lowest BCUT2D eigenvalue weighted by Gasteiger charge is -2.08. The van der Waals surface area contributed by atoms with Gasteiger partial charge in [-0.2, -0.15) is 0 Å². The largest absolute Gasteiger partial charge is 0.355 e. The van der Waals surface area contributed by atoms with E-state index in [2.05, 4.69) is 16.5 Å². The predicted octanol–water partition coefficient (Wildman–Crippen LogP) is 5.36. The number of fused-ring (bicyclic) bond motifs is 1. The average Bonchev–Trinajstić information content (AvgIpc) is 3.04. The highest BCUT2D eigenvalue weighted by molar-refractivity contribution is 6.07. The van der Waals surface area contributed by atoms with E-state index in [1.807, 2.05) is 68.4 Å². The van der Waals surface area contributed by atoms with Gasteiger partial charge in [0.05, 0.1) is 5.39 Å². The highest BCUT2D eigenvalue weighted by Crippen LogP contribution is 2.29. The monoisotopic (exact) mass is 342 g/mol. The Morgan fingerprint density at radius 2 is 1.65 bits per heavy atom. The van der Waals surface area contributed by atoms with Crippen molar-refractivity contribution in [2.45, 2.75) is 13.8 Å². The Morgan fingerprint density at radius 1 is 0.923 bits per heavy atom. The van der Waals surface area contributed by atoms with Gasteiger partial charge in [-0.05, 0) is 55.3 Å². The molecule has 4 aromatic rings. The van der Waals surface area contributed by atoms with Crippen molar-refractivity contribution in [3.8, 4) is 11.3 Å². The third kappa shape index (κ3) is 3.09. The van der Waals surface area contributed by atoms with Crippen LogP contribution in [0, 0.1) is 13.8 Å². The van der Waals surface area contributed by atoms with Crippen molar-refractivity contribution in [3.63, 3.8) is 0 Å². The second-order valence-corrected chi connectivity index (χ2v) is 6.44. The second-order valence-electron chi connectivity index (χ2n) is 6.44. The maximum Gasteiger partial charge on any atom is 0.255 e. The van der Waals surface area contributed by atoms with E-state index < -0.39 is 0 Å². The number of hydrogen-bond acceptors (Lipinski definition) is 3. The van der Waals surface area contributed by atoms with Gasteiger partial charge in [0.1, 0.15) is 5.52 Å². The van der Waals surface area contributed by atoms with Gasteiger partial charge in [0.15, 0.2) is 5.76 Å². The molecule has 3 aromatic carbocycles. The molecule has 0 fully saturated rings. The molecule has 0 aliphatic rings. The van der Waals surface area contributed by atoms with E-state index in [0.29, 0.717) is 11.3 Å². The summed E-state index contributed by atoms with van der Waals surface area (Å²) in [5.74, 6) is 0.513. The zero-order chi connectivity index (χ0) is 18.1. The Bertz CT molecular complexity index is 1080. The maximum absolute atomic E-state index is 12.7. The molecule has 0 atom stereocenters. The van der Waals surface area contributed by atoms with Crippen molar-refractivity contribution in [1.29, 1.82) is 0 Å². The summed E-state index contributed by atoms with van der Waals surface area (Å²) in [6.07, 6.45) is 0. The first kappa shape index (κ1) is 16.1. The van der Waals surface area contributed by atoms with Crippen LogP contribution in [0.1, 0.15) is 21.5 Å². The molecule has 1 aromatic heterocycles. The molecule has 0 aliphatic carbocycles. The Morgan fingerprint density at radius 3 is 2.38 bits per heavy atom. The highest BCUT2D eigenvalue weighted by Gasteiger charge is 2.14. The number of carbonyl (C=O) groups excluding carboxylic acids is 1. The van der Waals surface area contributed by atoms with Crippen LogP contribution in [0.3, 0.4) is 0 Å². The van der Waals surface area contributed by atoms with Crippen molar-refractivity contribution in [1.82, 2.24) is 5.16 Å². The van der Waals surface area contributed by atoms with Crippen molar-refractivity contribution >= 4 is 22.5 Å². The molecule has 1 heterocycles. The smallest absolute Gasteiger partial charge is 0.255 e. The van der Waals surface area contributed by atoms with E-state index >= 15 is 0 Å². The molecule has 128 valence electrons. The summed E-state index contributed by atoms with van der Waals surface area (Å²) in [6, 6.07) is 21.1. The van der Waals surface area contributed by atoms with Crippen molar-refractivity contribution in [2.75, 3.05) is 5.32 Å². The van der Waals surface area contributed by atoms with Crippen LogP contribution >= 0.6 is 0 Å². The van der Waals surface area contributed by atoms with E-state index in [0.717, 1.165) is 33.3 Å². The molecule has 0 saturated heterocycles. The molecule has 0 unspecified atom stereocenters. The number of anilines is 1. The van der Waals surface area contributed by atoms with Gasteiger partial charge in [-0.25, -0.2) is 0 Å². The van der Waals surface area contributed by atoms with Crippen LogP contribution in [0.4, 0.5) is 5.69 Å². The number of hydrogen-bond donors (Lipinski definition) is 1. The molecule has 0 spiro atoms. The van der Waals surface area contributed by atoms with Crippen LogP contribution in [0.15, 0.2) is 71.3 Å². The number of aryl methyl sites for hydroxylation is 2. The number of amides is 1. The summed E-state index contributed by atoms with van der Waals surface area (Å²) in [4.78, 5) is 12.7. The van der Waals surface area contributed by atoms with Crippen LogP contribution in [0.2, 0.25) is 0 Å². The zero-order valence-corrected chi connectivity index (χ0v) is 14.6. The quantitative estimate of drug-likeness (QED) is 0.545. The van der Waals surface area contributed by atoms with Crippen molar-refractivity contribution in [3.05, 3.63) is 83.4 Å². The standard InChI is InChI=1S/C22H18N2O2/c1-14-10-15(2)12-18(11-14)23-22(25)17-8-9-20-19(13-17)21(26-24-20)16-6-4-3-5-7-16/h3-13H,1-2H3,(H,23,25). The van der Waals surface area contributed by atoms with Crippen molar-refractivity contribution < 1.29 is 9.32 Å². The summed E-state index contributed by atoms with van der Waals surface area (Å²) >= 11 is 0. The summed E-state index contributed by atoms with van der Waals surface area (Å²) in [5, 5.41) is 7.89. The molecular weight excluding hydrogens is 324 g/mol. The molecule has 4 heteroatoms. The van der Waals surface area contributed by atoms with Gasteiger partial charge in [0.2, 0.25) is 0 Å². The van der Waals surface area contributed by atoms with Crippen LogP contribution in [-0.4, -0.2) is 11.1 Å². The molecule has 0 aliphatic heterocycles. The Labute approximate surface area is 151 Å². The fourth-order valence-electron chi connectivity index (χ4n) is 3.13. The lowest BCUT2D eigenvalue weighted by atomic mass is 10.1. The second kappa shape index (κ2) is 6.48. The number of rotatable bonds is 3. The fraction of sp³-hybridized carbons (Fsp3) is 0.0909. The van der Waals surface area contributed by atoms with Gasteiger partial charge in [-0.15, -0.1) is 0 Å². The SMILES string of the molecule is Cc1cc(C)cc(NC(=O)c2ccc3noc(-c4ccccc4)c3c2)c1.